The second-order valence-corrected chi connectivity index (χ2v) is 9.21. The van der Waals surface area contributed by atoms with Crippen LogP contribution in [0.3, 0.4) is 0 Å². The molecule has 1 aromatic heterocycles. The van der Waals surface area contributed by atoms with Crippen LogP contribution in [0.25, 0.3) is 0 Å². The fourth-order valence-corrected chi connectivity index (χ4v) is 5.37. The predicted octanol–water partition coefficient (Wildman–Crippen LogP) is 1.86. The summed E-state index contributed by atoms with van der Waals surface area (Å²) < 4.78 is 1.59. The second-order valence-electron chi connectivity index (χ2n) is 9.21. The quantitative estimate of drug-likeness (QED) is 0.698. The molecule has 0 radical (unpaired) electrons. The van der Waals surface area contributed by atoms with Crippen LogP contribution < -0.4 is 16.3 Å². The number of aryl methyl sites for hydroxylation is 2. The van der Waals surface area contributed by atoms with Gasteiger partial charge >= 0.3 is 5.69 Å². The topological polar surface area (TPSA) is 93.1 Å². The Morgan fingerprint density at radius 1 is 1.10 bits per heavy atom. The van der Waals surface area contributed by atoms with E-state index in [9.17, 15) is 14.4 Å². The number of rotatable bonds is 6. The molecule has 2 saturated carbocycles. The van der Waals surface area contributed by atoms with Gasteiger partial charge in [0.1, 0.15) is 0 Å². The molecule has 1 aromatic rings. The van der Waals surface area contributed by atoms with Crippen LogP contribution in [0, 0.1) is 37.5 Å². The summed E-state index contributed by atoms with van der Waals surface area (Å²) in [6, 6.07) is 2.05. The van der Waals surface area contributed by atoms with Crippen LogP contribution in [-0.4, -0.2) is 34.0 Å². The highest BCUT2D eigenvalue weighted by Crippen LogP contribution is 2.43. The molecular formula is C23H32N4O3. The molecule has 0 saturated heterocycles. The van der Waals surface area contributed by atoms with Crippen LogP contribution in [0.15, 0.2) is 23.0 Å². The number of hydrogen-bond donors (Lipinski definition) is 2. The van der Waals surface area contributed by atoms with Crippen molar-refractivity contribution in [2.45, 2.75) is 65.0 Å². The molecule has 7 heteroatoms. The van der Waals surface area contributed by atoms with Crippen LogP contribution >= 0.6 is 0 Å². The Morgan fingerprint density at radius 2 is 1.87 bits per heavy atom. The summed E-state index contributed by atoms with van der Waals surface area (Å²) in [5.74, 6) is 1.40. The third-order valence-corrected chi connectivity index (χ3v) is 7.04. The Bertz CT molecular complexity index is 898. The number of aromatic nitrogens is 2. The summed E-state index contributed by atoms with van der Waals surface area (Å²) in [7, 11) is 0. The van der Waals surface area contributed by atoms with Gasteiger partial charge in [-0.1, -0.05) is 12.2 Å². The average Bonchev–Trinajstić information content (AvgIpc) is 3.34. The maximum atomic E-state index is 12.6. The third-order valence-electron chi connectivity index (χ3n) is 7.04. The van der Waals surface area contributed by atoms with Crippen LogP contribution in [0.5, 0.6) is 0 Å². The molecule has 3 atom stereocenters. The van der Waals surface area contributed by atoms with Gasteiger partial charge in [0.25, 0.3) is 0 Å². The molecule has 3 aliphatic carbocycles. The number of allylic oxidation sites excluding steroid dienone is 2. The van der Waals surface area contributed by atoms with Crippen molar-refractivity contribution in [3.63, 3.8) is 0 Å². The molecule has 0 unspecified atom stereocenters. The van der Waals surface area contributed by atoms with Crippen LogP contribution in [0.1, 0.15) is 49.9 Å². The van der Waals surface area contributed by atoms with Crippen molar-refractivity contribution in [3.8, 4) is 0 Å². The monoisotopic (exact) mass is 412 g/mol. The minimum absolute atomic E-state index is 0.0162. The summed E-state index contributed by atoms with van der Waals surface area (Å²) >= 11 is 0. The SMILES string of the molecule is Cc1cc(C)n(CCNC(=O)C2CCC(NC(=O)[C@@H]3C[C@@H]4C=C[C@H]3C4)CC2)c(=O)n1. The number of carbonyl (C=O) groups excluding carboxylic acids is 2. The molecule has 2 N–H and O–H groups in total. The van der Waals surface area contributed by atoms with Gasteiger partial charge in [-0.25, -0.2) is 4.79 Å². The first-order valence-electron chi connectivity index (χ1n) is 11.2. The van der Waals surface area contributed by atoms with Crippen molar-refractivity contribution in [1.29, 1.82) is 0 Å². The zero-order valence-electron chi connectivity index (χ0n) is 17.9. The van der Waals surface area contributed by atoms with Crippen molar-refractivity contribution in [2.75, 3.05) is 6.54 Å². The number of hydrogen-bond acceptors (Lipinski definition) is 4. The smallest absolute Gasteiger partial charge is 0.348 e. The summed E-state index contributed by atoms with van der Waals surface area (Å²) in [6.45, 7) is 4.51. The first kappa shape index (κ1) is 20.8. The van der Waals surface area contributed by atoms with E-state index in [1.807, 2.05) is 13.0 Å². The minimum Gasteiger partial charge on any atom is -0.354 e. The molecule has 0 spiro atoms. The molecule has 30 heavy (non-hydrogen) atoms. The molecule has 162 valence electrons. The number of nitrogens with one attached hydrogen (secondary N) is 2. The highest BCUT2D eigenvalue weighted by molar-refractivity contribution is 5.80. The zero-order chi connectivity index (χ0) is 21.3. The lowest BCUT2D eigenvalue weighted by Gasteiger charge is -2.30. The van der Waals surface area contributed by atoms with E-state index < -0.39 is 0 Å². The van der Waals surface area contributed by atoms with Crippen LogP contribution in [0.4, 0.5) is 0 Å². The first-order chi connectivity index (χ1) is 14.4. The highest BCUT2D eigenvalue weighted by Gasteiger charge is 2.40. The van der Waals surface area contributed by atoms with E-state index >= 15 is 0 Å². The average molecular weight is 413 g/mol. The molecule has 2 fully saturated rings. The van der Waals surface area contributed by atoms with Crippen LogP contribution in [-0.2, 0) is 16.1 Å². The van der Waals surface area contributed by atoms with Crippen molar-refractivity contribution < 1.29 is 9.59 Å². The first-order valence-corrected chi connectivity index (χ1v) is 11.2. The lowest BCUT2D eigenvalue weighted by molar-refractivity contribution is -0.127. The van der Waals surface area contributed by atoms with Crippen molar-refractivity contribution in [2.24, 2.45) is 23.7 Å². The Morgan fingerprint density at radius 3 is 2.50 bits per heavy atom. The highest BCUT2D eigenvalue weighted by atomic mass is 16.2. The summed E-state index contributed by atoms with van der Waals surface area (Å²) in [6.07, 6.45) is 9.87. The summed E-state index contributed by atoms with van der Waals surface area (Å²) in [5, 5.41) is 6.20. The minimum atomic E-state index is -0.274. The van der Waals surface area contributed by atoms with Gasteiger partial charge in [-0.2, -0.15) is 4.98 Å². The lowest BCUT2D eigenvalue weighted by atomic mass is 9.84. The second kappa shape index (κ2) is 8.74. The molecule has 3 aliphatic rings. The van der Waals surface area contributed by atoms with E-state index in [0.717, 1.165) is 44.2 Å². The standard InChI is InChI=1S/C23H32N4O3/c1-14-11-15(2)27(23(30)25-14)10-9-24-21(28)17-5-7-19(8-6-17)26-22(29)20-13-16-3-4-18(20)12-16/h3-4,11,16-20H,5-10,12-13H2,1-2H3,(H,24,28)(H,26,29)/t16-,17?,18+,19?,20-/m1/s1. The lowest BCUT2D eigenvalue weighted by Crippen LogP contribution is -2.44. The fraction of sp³-hybridized carbons (Fsp3) is 0.652. The number of amides is 2. The number of nitrogens with zero attached hydrogens (tertiary/aromatic N) is 2. The van der Waals surface area contributed by atoms with Gasteiger partial charge in [-0.05, 0) is 70.3 Å². The summed E-state index contributed by atoms with van der Waals surface area (Å²) in [5.41, 5.74) is 1.28. The molecule has 0 aliphatic heterocycles. The van der Waals surface area contributed by atoms with Gasteiger partial charge in [0.05, 0.1) is 0 Å². The Balaban J connectivity index is 1.19. The van der Waals surface area contributed by atoms with Gasteiger partial charge in [0.2, 0.25) is 11.8 Å². The maximum absolute atomic E-state index is 12.6. The molecule has 7 nitrogen and oxygen atoms in total. The van der Waals surface area contributed by atoms with E-state index in [2.05, 4.69) is 27.8 Å². The van der Waals surface area contributed by atoms with Gasteiger partial charge in [-0.15, -0.1) is 0 Å². The van der Waals surface area contributed by atoms with Gasteiger partial charge in [0.15, 0.2) is 0 Å². The molecule has 4 rings (SSSR count). The Labute approximate surface area is 177 Å². The number of fused-ring (bicyclic) bond motifs is 2. The molecule has 0 aromatic carbocycles. The van der Waals surface area contributed by atoms with E-state index in [1.54, 1.807) is 11.5 Å². The largest absolute Gasteiger partial charge is 0.354 e. The fourth-order valence-electron chi connectivity index (χ4n) is 5.37. The van der Waals surface area contributed by atoms with Crippen molar-refractivity contribution in [3.05, 3.63) is 40.1 Å². The third kappa shape index (κ3) is 4.50. The van der Waals surface area contributed by atoms with Gasteiger partial charge < -0.3 is 10.6 Å². The molecule has 1 heterocycles. The molecule has 2 amide bonds. The Hall–Kier alpha value is -2.44. The molecule has 2 bridgehead atoms. The van der Waals surface area contributed by atoms with E-state index in [-0.39, 0.29) is 35.4 Å². The van der Waals surface area contributed by atoms with Crippen LogP contribution in [0.2, 0.25) is 0 Å². The number of carbonyl (C=O) groups is 2. The van der Waals surface area contributed by atoms with E-state index in [0.29, 0.717) is 30.6 Å². The zero-order valence-corrected chi connectivity index (χ0v) is 17.9. The molecular weight excluding hydrogens is 380 g/mol. The normalized spacial score (nSPS) is 29.7. The van der Waals surface area contributed by atoms with Gasteiger partial charge in [0, 0.05) is 42.4 Å². The van der Waals surface area contributed by atoms with E-state index in [1.165, 1.54) is 0 Å². The Kier molecular flexibility index (Phi) is 6.06. The van der Waals surface area contributed by atoms with E-state index in [4.69, 9.17) is 0 Å². The van der Waals surface area contributed by atoms with Gasteiger partial charge in [-0.3, -0.25) is 14.2 Å². The predicted molar refractivity (Wildman–Crippen MR) is 114 cm³/mol. The van der Waals surface area contributed by atoms with Crippen molar-refractivity contribution in [1.82, 2.24) is 20.2 Å². The maximum Gasteiger partial charge on any atom is 0.348 e. The summed E-state index contributed by atoms with van der Waals surface area (Å²) in [4.78, 5) is 41.1. The van der Waals surface area contributed by atoms with Crippen molar-refractivity contribution >= 4 is 11.8 Å².